The molecule has 7 nitrogen and oxygen atoms in total. The summed E-state index contributed by atoms with van der Waals surface area (Å²) in [5.41, 5.74) is 0.976. The van der Waals surface area contributed by atoms with Gasteiger partial charge in [-0.2, -0.15) is 0 Å². The maximum atomic E-state index is 12.7. The molecule has 11 heteroatoms. The SMILES string of the molecule is O=C(NC(=S)N1CCN(c2ccc([N+](=O)[O-])cc2)CC1)c1sc2cc(Cl)ccc2c1Cl. The molecule has 160 valence electrons. The number of hydrogen-bond acceptors (Lipinski definition) is 6. The van der Waals surface area contributed by atoms with Crippen LogP contribution in [0.3, 0.4) is 0 Å². The minimum absolute atomic E-state index is 0.0634. The Morgan fingerprint density at radius 1 is 1.10 bits per heavy atom. The molecule has 1 aliphatic heterocycles. The molecule has 2 heterocycles. The number of halogens is 2. The molecule has 1 aliphatic rings. The molecule has 0 spiro atoms. The van der Waals surface area contributed by atoms with Gasteiger partial charge in [0.2, 0.25) is 0 Å². The quantitative estimate of drug-likeness (QED) is 0.315. The number of rotatable bonds is 3. The summed E-state index contributed by atoms with van der Waals surface area (Å²) in [6.07, 6.45) is 0. The Morgan fingerprint density at radius 2 is 1.77 bits per heavy atom. The van der Waals surface area contributed by atoms with Gasteiger partial charge in [0.1, 0.15) is 4.88 Å². The van der Waals surface area contributed by atoms with E-state index in [1.54, 1.807) is 30.3 Å². The summed E-state index contributed by atoms with van der Waals surface area (Å²) < 4.78 is 0.838. The van der Waals surface area contributed by atoms with E-state index in [1.165, 1.54) is 23.5 Å². The van der Waals surface area contributed by atoms with Gasteiger partial charge in [-0.3, -0.25) is 20.2 Å². The van der Waals surface area contributed by atoms with Crippen LogP contribution in [0.4, 0.5) is 11.4 Å². The van der Waals surface area contributed by atoms with Gasteiger partial charge in [0.15, 0.2) is 5.11 Å². The molecule has 3 aromatic rings. The molecule has 1 amide bonds. The van der Waals surface area contributed by atoms with Crippen LogP contribution in [0, 0.1) is 10.1 Å². The zero-order chi connectivity index (χ0) is 22.1. The predicted molar refractivity (Wildman–Crippen MR) is 129 cm³/mol. The number of carbonyl (C=O) groups is 1. The number of nitrogens with zero attached hydrogens (tertiary/aromatic N) is 3. The first-order valence-electron chi connectivity index (χ1n) is 9.30. The smallest absolute Gasteiger partial charge is 0.269 e. The van der Waals surface area contributed by atoms with E-state index in [2.05, 4.69) is 10.2 Å². The highest BCUT2D eigenvalue weighted by Gasteiger charge is 2.23. The number of non-ortho nitro benzene ring substituents is 1. The average Bonchev–Trinajstić information content (AvgIpc) is 3.09. The molecule has 2 aromatic carbocycles. The molecule has 4 rings (SSSR count). The van der Waals surface area contributed by atoms with Crippen molar-refractivity contribution in [2.24, 2.45) is 0 Å². The lowest BCUT2D eigenvalue weighted by Gasteiger charge is -2.37. The van der Waals surface area contributed by atoms with Gasteiger partial charge in [0, 0.05) is 59.1 Å². The van der Waals surface area contributed by atoms with Crippen molar-refractivity contribution in [3.05, 3.63) is 67.5 Å². The zero-order valence-electron chi connectivity index (χ0n) is 16.0. The molecule has 31 heavy (non-hydrogen) atoms. The monoisotopic (exact) mass is 494 g/mol. The summed E-state index contributed by atoms with van der Waals surface area (Å²) >= 11 is 19.1. The van der Waals surface area contributed by atoms with E-state index >= 15 is 0 Å². The van der Waals surface area contributed by atoms with Gasteiger partial charge in [-0.05, 0) is 36.5 Å². The molecule has 1 saturated heterocycles. The van der Waals surface area contributed by atoms with E-state index in [1.807, 2.05) is 4.90 Å². The number of fused-ring (bicyclic) bond motifs is 1. The van der Waals surface area contributed by atoms with Crippen LogP contribution in [0.2, 0.25) is 10.0 Å². The van der Waals surface area contributed by atoms with Crippen molar-refractivity contribution >= 4 is 79.2 Å². The van der Waals surface area contributed by atoms with E-state index in [4.69, 9.17) is 35.4 Å². The standard InChI is InChI=1S/C20H16Cl2N4O3S2/c21-12-1-6-15-16(11-12)31-18(17(15)22)19(27)23-20(30)25-9-7-24(8-10-25)13-2-4-14(5-3-13)26(28)29/h1-6,11H,7-10H2,(H,23,27,30). The highest BCUT2D eigenvalue weighted by molar-refractivity contribution is 7.80. The third-order valence-corrected chi connectivity index (χ3v) is 7.26. The summed E-state index contributed by atoms with van der Waals surface area (Å²) in [4.78, 5) is 27.6. The molecule has 0 bridgehead atoms. The van der Waals surface area contributed by atoms with Crippen LogP contribution in [0.25, 0.3) is 10.1 Å². The van der Waals surface area contributed by atoms with Gasteiger partial charge < -0.3 is 9.80 Å². The number of thiocarbonyl (C=S) groups is 1. The van der Waals surface area contributed by atoms with E-state index in [0.29, 0.717) is 46.2 Å². The fourth-order valence-corrected chi connectivity index (χ4v) is 5.33. The van der Waals surface area contributed by atoms with Gasteiger partial charge in [0.05, 0.1) is 9.95 Å². The number of nitro groups is 1. The predicted octanol–water partition coefficient (Wildman–Crippen LogP) is 4.95. The zero-order valence-corrected chi connectivity index (χ0v) is 19.2. The summed E-state index contributed by atoms with van der Waals surface area (Å²) in [7, 11) is 0. The second-order valence-corrected chi connectivity index (χ2v) is 9.15. The lowest BCUT2D eigenvalue weighted by Crippen LogP contribution is -2.52. The summed E-state index contributed by atoms with van der Waals surface area (Å²) in [5.74, 6) is -0.342. The number of hydrogen-bond donors (Lipinski definition) is 1. The average molecular weight is 495 g/mol. The fraction of sp³-hybridized carbons (Fsp3) is 0.200. The van der Waals surface area contributed by atoms with E-state index in [9.17, 15) is 14.9 Å². The number of nitro benzene ring substituents is 1. The Bertz CT molecular complexity index is 1180. The van der Waals surface area contributed by atoms with Gasteiger partial charge in [-0.15, -0.1) is 11.3 Å². The van der Waals surface area contributed by atoms with Crippen LogP contribution in [-0.4, -0.2) is 47.0 Å². The Kier molecular flexibility index (Phi) is 6.29. The number of piperazine rings is 1. The number of thiophene rings is 1. The Morgan fingerprint density at radius 3 is 2.42 bits per heavy atom. The van der Waals surface area contributed by atoms with Crippen molar-refractivity contribution < 1.29 is 9.72 Å². The van der Waals surface area contributed by atoms with Crippen LogP contribution in [0.1, 0.15) is 9.67 Å². The van der Waals surface area contributed by atoms with Crippen LogP contribution >= 0.6 is 46.8 Å². The number of nitrogens with one attached hydrogen (secondary N) is 1. The minimum Gasteiger partial charge on any atom is -0.368 e. The Hall–Kier alpha value is -2.46. The second-order valence-electron chi connectivity index (χ2n) is 6.89. The van der Waals surface area contributed by atoms with E-state index in [-0.39, 0.29) is 11.6 Å². The van der Waals surface area contributed by atoms with Crippen LogP contribution < -0.4 is 10.2 Å². The number of carbonyl (C=O) groups excluding carboxylic acids is 1. The lowest BCUT2D eigenvalue weighted by molar-refractivity contribution is -0.384. The molecule has 0 unspecified atom stereocenters. The maximum absolute atomic E-state index is 12.7. The first kappa shape index (κ1) is 21.8. The molecular formula is C20H16Cl2N4O3S2. The second kappa shape index (κ2) is 8.96. The Balaban J connectivity index is 1.37. The molecule has 0 saturated carbocycles. The van der Waals surface area contributed by atoms with Crippen LogP contribution in [0.15, 0.2) is 42.5 Å². The van der Waals surface area contributed by atoms with E-state index in [0.717, 1.165) is 15.8 Å². The largest absolute Gasteiger partial charge is 0.368 e. The number of amides is 1. The van der Waals surface area contributed by atoms with Crippen LogP contribution in [-0.2, 0) is 0 Å². The van der Waals surface area contributed by atoms with Crippen molar-refractivity contribution in [3.63, 3.8) is 0 Å². The summed E-state index contributed by atoms with van der Waals surface area (Å²) in [6, 6.07) is 11.8. The highest BCUT2D eigenvalue weighted by atomic mass is 35.5. The van der Waals surface area contributed by atoms with Crippen molar-refractivity contribution in [2.45, 2.75) is 0 Å². The third kappa shape index (κ3) is 4.59. The number of benzene rings is 2. The van der Waals surface area contributed by atoms with Crippen molar-refractivity contribution in [1.82, 2.24) is 10.2 Å². The molecule has 1 N–H and O–H groups in total. The first-order chi connectivity index (χ1) is 14.8. The van der Waals surface area contributed by atoms with Gasteiger partial charge >= 0.3 is 0 Å². The molecule has 1 aromatic heterocycles. The highest BCUT2D eigenvalue weighted by Crippen LogP contribution is 2.36. The summed E-state index contributed by atoms with van der Waals surface area (Å²) in [6.45, 7) is 2.59. The van der Waals surface area contributed by atoms with Crippen molar-refractivity contribution in [3.8, 4) is 0 Å². The van der Waals surface area contributed by atoms with E-state index < -0.39 is 4.92 Å². The third-order valence-electron chi connectivity index (χ3n) is 5.01. The maximum Gasteiger partial charge on any atom is 0.269 e. The Labute approximate surface area is 197 Å². The fourth-order valence-electron chi connectivity index (χ4n) is 3.37. The molecular weight excluding hydrogens is 479 g/mol. The summed E-state index contributed by atoms with van der Waals surface area (Å²) in [5, 5.41) is 15.7. The first-order valence-corrected chi connectivity index (χ1v) is 11.3. The number of anilines is 1. The molecule has 0 radical (unpaired) electrons. The van der Waals surface area contributed by atoms with Crippen molar-refractivity contribution in [2.75, 3.05) is 31.1 Å². The van der Waals surface area contributed by atoms with Gasteiger partial charge in [0.25, 0.3) is 11.6 Å². The molecule has 1 fully saturated rings. The molecule has 0 atom stereocenters. The lowest BCUT2D eigenvalue weighted by atomic mass is 10.2. The molecule has 0 aliphatic carbocycles. The normalized spacial score (nSPS) is 14.0. The van der Waals surface area contributed by atoms with Crippen LogP contribution in [0.5, 0.6) is 0 Å². The minimum atomic E-state index is -0.416. The van der Waals surface area contributed by atoms with Crippen molar-refractivity contribution in [1.29, 1.82) is 0 Å². The van der Waals surface area contributed by atoms with Gasteiger partial charge in [-0.25, -0.2) is 0 Å². The van der Waals surface area contributed by atoms with Gasteiger partial charge in [-0.1, -0.05) is 29.3 Å². The topological polar surface area (TPSA) is 78.7 Å².